The van der Waals surface area contributed by atoms with E-state index in [2.05, 4.69) is 6.07 Å². The highest BCUT2D eigenvalue weighted by molar-refractivity contribution is 6.48. The number of nitrogens with zero attached hydrogens (tertiary/aromatic N) is 1. The summed E-state index contributed by atoms with van der Waals surface area (Å²) in [6, 6.07) is 2.26. The maximum absolute atomic E-state index is 8.74. The first-order chi connectivity index (χ1) is 6.37. The second-order valence-electron chi connectivity index (χ2n) is 5.26. The van der Waals surface area contributed by atoms with Crippen molar-refractivity contribution >= 4 is 7.12 Å². The zero-order chi connectivity index (χ0) is 10.6. The van der Waals surface area contributed by atoms with Gasteiger partial charge in [-0.1, -0.05) is 0 Å². The highest BCUT2D eigenvalue weighted by Crippen LogP contribution is 2.52. The summed E-state index contributed by atoms with van der Waals surface area (Å²) in [7, 11) is -0.176. The third kappa shape index (κ3) is 1.36. The molecule has 1 saturated heterocycles. The Hall–Kier alpha value is -0.525. The topological polar surface area (TPSA) is 42.2 Å². The first-order valence-electron chi connectivity index (χ1n) is 5.13. The Bertz CT molecular complexity index is 279. The summed E-state index contributed by atoms with van der Waals surface area (Å²) >= 11 is 0. The highest BCUT2D eigenvalue weighted by Gasteiger charge is 2.59. The van der Waals surface area contributed by atoms with Gasteiger partial charge in [0.2, 0.25) is 0 Å². The average molecular weight is 193 g/mol. The first-order valence-corrected chi connectivity index (χ1v) is 5.13. The molecule has 1 aliphatic heterocycles. The van der Waals surface area contributed by atoms with Gasteiger partial charge in [-0.25, -0.2) is 0 Å². The predicted octanol–water partition coefficient (Wildman–Crippen LogP) is 1.99. The van der Waals surface area contributed by atoms with Crippen LogP contribution in [0.15, 0.2) is 0 Å². The van der Waals surface area contributed by atoms with Gasteiger partial charge in [-0.05, 0) is 34.1 Å². The summed E-state index contributed by atoms with van der Waals surface area (Å²) in [4.78, 5) is 0. The van der Waals surface area contributed by atoms with E-state index >= 15 is 0 Å². The molecule has 14 heavy (non-hydrogen) atoms. The molecule has 3 nitrogen and oxygen atoms in total. The van der Waals surface area contributed by atoms with Gasteiger partial charge in [0.15, 0.2) is 0 Å². The molecule has 2 aliphatic rings. The second kappa shape index (κ2) is 2.74. The molecule has 0 aromatic heterocycles. The first kappa shape index (κ1) is 10.0. The molecule has 76 valence electrons. The van der Waals surface area contributed by atoms with E-state index in [1.807, 2.05) is 27.7 Å². The Morgan fingerprint density at radius 2 is 1.71 bits per heavy atom. The van der Waals surface area contributed by atoms with Crippen molar-refractivity contribution in [3.05, 3.63) is 0 Å². The van der Waals surface area contributed by atoms with Crippen molar-refractivity contribution in [2.45, 2.75) is 51.1 Å². The van der Waals surface area contributed by atoms with Crippen LogP contribution in [-0.2, 0) is 9.31 Å². The number of hydrogen-bond acceptors (Lipinski definition) is 3. The van der Waals surface area contributed by atoms with E-state index in [0.717, 1.165) is 6.42 Å². The van der Waals surface area contributed by atoms with Gasteiger partial charge in [-0.15, -0.1) is 0 Å². The van der Waals surface area contributed by atoms with Gasteiger partial charge in [-0.2, -0.15) is 5.26 Å². The lowest BCUT2D eigenvalue weighted by molar-refractivity contribution is 0.00578. The predicted molar refractivity (Wildman–Crippen MR) is 53.6 cm³/mol. The van der Waals surface area contributed by atoms with Crippen LogP contribution in [0.2, 0.25) is 5.82 Å². The quantitative estimate of drug-likeness (QED) is 0.598. The molecule has 2 atom stereocenters. The minimum atomic E-state index is -0.264. The lowest BCUT2D eigenvalue weighted by atomic mass is 9.81. The molecule has 0 bridgehead atoms. The molecule has 0 amide bonds. The third-order valence-electron chi connectivity index (χ3n) is 3.63. The maximum atomic E-state index is 8.74. The Labute approximate surface area is 85.5 Å². The normalized spacial score (nSPS) is 38.1. The van der Waals surface area contributed by atoms with Crippen LogP contribution in [0.4, 0.5) is 0 Å². The Balaban J connectivity index is 2.05. The molecule has 0 aromatic rings. The van der Waals surface area contributed by atoms with Crippen molar-refractivity contribution in [2.75, 3.05) is 0 Å². The van der Waals surface area contributed by atoms with Crippen LogP contribution in [0.25, 0.3) is 0 Å². The molecule has 1 saturated carbocycles. The van der Waals surface area contributed by atoms with Crippen molar-refractivity contribution in [3.8, 4) is 6.07 Å². The Morgan fingerprint density at radius 1 is 1.21 bits per heavy atom. The van der Waals surface area contributed by atoms with E-state index in [1.54, 1.807) is 0 Å². The van der Waals surface area contributed by atoms with Crippen LogP contribution in [0.3, 0.4) is 0 Å². The lowest BCUT2D eigenvalue weighted by Gasteiger charge is -2.32. The van der Waals surface area contributed by atoms with Gasteiger partial charge < -0.3 is 9.31 Å². The van der Waals surface area contributed by atoms with Gasteiger partial charge in [0.05, 0.1) is 17.3 Å². The summed E-state index contributed by atoms with van der Waals surface area (Å²) in [5, 5.41) is 8.74. The Morgan fingerprint density at radius 3 is 2.07 bits per heavy atom. The maximum Gasteiger partial charge on any atom is 0.462 e. The van der Waals surface area contributed by atoms with Crippen LogP contribution < -0.4 is 0 Å². The number of rotatable bonds is 1. The van der Waals surface area contributed by atoms with Gasteiger partial charge >= 0.3 is 7.12 Å². The fourth-order valence-electron chi connectivity index (χ4n) is 1.73. The summed E-state index contributed by atoms with van der Waals surface area (Å²) in [5.74, 6) is 0.436. The van der Waals surface area contributed by atoms with E-state index in [1.165, 1.54) is 0 Å². The van der Waals surface area contributed by atoms with Gasteiger partial charge in [0, 0.05) is 11.7 Å². The van der Waals surface area contributed by atoms with Crippen LogP contribution in [0.1, 0.15) is 34.1 Å². The van der Waals surface area contributed by atoms with Crippen LogP contribution in [-0.4, -0.2) is 18.3 Å². The molecule has 2 rings (SSSR count). The van der Waals surface area contributed by atoms with Crippen LogP contribution >= 0.6 is 0 Å². The van der Waals surface area contributed by atoms with Crippen molar-refractivity contribution < 1.29 is 9.31 Å². The molecule has 0 radical (unpaired) electrons. The van der Waals surface area contributed by atoms with E-state index in [9.17, 15) is 0 Å². The fourth-order valence-corrected chi connectivity index (χ4v) is 1.73. The minimum Gasteiger partial charge on any atom is -0.403 e. The molecule has 0 aromatic carbocycles. The van der Waals surface area contributed by atoms with Crippen molar-refractivity contribution in [1.82, 2.24) is 0 Å². The van der Waals surface area contributed by atoms with E-state index in [-0.39, 0.29) is 24.2 Å². The van der Waals surface area contributed by atoms with E-state index in [4.69, 9.17) is 14.6 Å². The van der Waals surface area contributed by atoms with Crippen molar-refractivity contribution in [3.63, 3.8) is 0 Å². The standard InChI is InChI=1S/C10H16BNO2/c1-9(2)10(3,4)14-11(13-9)8-5-7(8)6-12/h7-8H,5H2,1-4H3. The van der Waals surface area contributed by atoms with E-state index < -0.39 is 0 Å². The van der Waals surface area contributed by atoms with Crippen molar-refractivity contribution in [2.24, 2.45) is 5.92 Å². The summed E-state index contributed by atoms with van der Waals surface area (Å²) < 4.78 is 11.7. The zero-order valence-corrected chi connectivity index (χ0v) is 9.20. The molecule has 0 N–H and O–H groups in total. The molecular weight excluding hydrogens is 177 g/mol. The molecule has 1 aliphatic carbocycles. The summed E-state index contributed by atoms with van der Waals surface area (Å²) in [5.41, 5.74) is -0.527. The smallest absolute Gasteiger partial charge is 0.403 e. The third-order valence-corrected chi connectivity index (χ3v) is 3.63. The second-order valence-corrected chi connectivity index (χ2v) is 5.26. The largest absolute Gasteiger partial charge is 0.462 e. The van der Waals surface area contributed by atoms with Crippen molar-refractivity contribution in [1.29, 1.82) is 5.26 Å². The van der Waals surface area contributed by atoms with Crippen LogP contribution in [0.5, 0.6) is 0 Å². The summed E-state index contributed by atoms with van der Waals surface area (Å²) in [6.45, 7) is 8.15. The molecule has 2 fully saturated rings. The summed E-state index contributed by atoms with van der Waals surface area (Å²) in [6.07, 6.45) is 0.924. The average Bonchev–Trinajstić information content (AvgIpc) is 2.75. The minimum absolute atomic E-state index is 0.143. The van der Waals surface area contributed by atoms with Crippen LogP contribution in [0, 0.1) is 17.2 Å². The number of hydrogen-bond donors (Lipinski definition) is 0. The monoisotopic (exact) mass is 193 g/mol. The van der Waals surface area contributed by atoms with Gasteiger partial charge in [0.1, 0.15) is 0 Å². The molecule has 0 spiro atoms. The number of nitriles is 1. The highest BCUT2D eigenvalue weighted by atomic mass is 16.7. The van der Waals surface area contributed by atoms with E-state index in [0.29, 0.717) is 5.82 Å². The SMILES string of the molecule is CC1(C)OB(C2CC2C#N)OC1(C)C. The Kier molecular flexibility index (Phi) is 1.96. The molecular formula is C10H16BNO2. The van der Waals surface area contributed by atoms with Gasteiger partial charge in [0.25, 0.3) is 0 Å². The lowest BCUT2D eigenvalue weighted by Crippen LogP contribution is -2.41. The van der Waals surface area contributed by atoms with Gasteiger partial charge in [-0.3, -0.25) is 0 Å². The molecule has 1 heterocycles. The fraction of sp³-hybridized carbons (Fsp3) is 0.900. The molecule has 2 unspecified atom stereocenters. The molecule has 4 heteroatoms. The zero-order valence-electron chi connectivity index (χ0n) is 9.20.